The van der Waals surface area contributed by atoms with Gasteiger partial charge >= 0.3 is 0 Å². The molecule has 0 aromatic heterocycles. The average Bonchev–Trinajstić information content (AvgIpc) is 2.25. The van der Waals surface area contributed by atoms with E-state index in [1.54, 1.807) is 6.92 Å². The molecule has 0 N–H and O–H groups in total. The number of hydrogen-bond donors (Lipinski definition) is 0. The number of hydrogen-bond acceptors (Lipinski definition) is 5. The first-order chi connectivity index (χ1) is 7.82. The number of benzene rings is 1. The molecule has 0 atom stereocenters. The first-order valence-electron chi connectivity index (χ1n) is 4.48. The van der Waals surface area contributed by atoms with Gasteiger partial charge in [0.1, 0.15) is 16.5 Å². The van der Waals surface area contributed by atoms with Crippen molar-refractivity contribution < 1.29 is 13.3 Å². The Morgan fingerprint density at radius 2 is 2.12 bits per heavy atom. The number of nitro benzene ring substituents is 1. The highest BCUT2D eigenvalue weighted by Gasteiger charge is 2.27. The van der Waals surface area contributed by atoms with Crippen LogP contribution in [0.2, 0.25) is 0 Å². The van der Waals surface area contributed by atoms with E-state index in [-0.39, 0.29) is 5.56 Å². The van der Waals surface area contributed by atoms with Crippen LogP contribution in [0.3, 0.4) is 0 Å². The summed E-state index contributed by atoms with van der Waals surface area (Å²) in [5, 5.41) is 19.7. The first-order valence-corrected chi connectivity index (χ1v) is 6.78. The molecule has 1 rings (SSSR count). The molecule has 0 saturated heterocycles. The van der Waals surface area contributed by atoms with Gasteiger partial charge in [-0.3, -0.25) is 10.1 Å². The molecule has 0 amide bonds. The Hall–Kier alpha value is -1.65. The Labute approximate surface area is 102 Å². The summed E-state index contributed by atoms with van der Waals surface area (Å²) in [6.45, 7) is 1.67. The van der Waals surface area contributed by atoms with Crippen LogP contribution >= 0.6 is 10.7 Å². The molecule has 8 heteroatoms. The maximum Gasteiger partial charge on any atom is 0.291 e. The predicted octanol–water partition coefficient (Wildman–Crippen LogP) is 1.96. The van der Waals surface area contributed by atoms with Crippen molar-refractivity contribution in [1.29, 1.82) is 5.26 Å². The van der Waals surface area contributed by atoms with E-state index in [0.29, 0.717) is 6.42 Å². The van der Waals surface area contributed by atoms with Gasteiger partial charge in [-0.1, -0.05) is 13.0 Å². The SMILES string of the molecule is CCc1ccc(S(=O)(=O)Cl)c(C#N)c1[N+](=O)[O-]. The van der Waals surface area contributed by atoms with Crippen LogP contribution in [0.4, 0.5) is 5.69 Å². The van der Waals surface area contributed by atoms with Gasteiger partial charge in [-0.2, -0.15) is 5.26 Å². The van der Waals surface area contributed by atoms with Crippen molar-refractivity contribution in [3.8, 4) is 6.07 Å². The summed E-state index contributed by atoms with van der Waals surface area (Å²) in [6.07, 6.45) is 0.313. The van der Waals surface area contributed by atoms with Crippen LogP contribution in [0.15, 0.2) is 17.0 Å². The van der Waals surface area contributed by atoms with Crippen LogP contribution in [-0.4, -0.2) is 13.3 Å². The third kappa shape index (κ3) is 2.54. The fourth-order valence-corrected chi connectivity index (χ4v) is 2.42. The topological polar surface area (TPSA) is 101 Å². The molecule has 90 valence electrons. The van der Waals surface area contributed by atoms with E-state index in [0.717, 1.165) is 6.07 Å². The van der Waals surface area contributed by atoms with E-state index in [1.165, 1.54) is 12.1 Å². The molecule has 0 aliphatic heterocycles. The molecule has 0 aliphatic rings. The summed E-state index contributed by atoms with van der Waals surface area (Å²) in [7, 11) is 0.932. The third-order valence-corrected chi connectivity index (χ3v) is 3.53. The smallest absolute Gasteiger partial charge is 0.258 e. The highest BCUT2D eigenvalue weighted by Crippen LogP contribution is 2.31. The van der Waals surface area contributed by atoms with Crippen molar-refractivity contribution in [2.75, 3.05) is 0 Å². The molecule has 0 aliphatic carbocycles. The van der Waals surface area contributed by atoms with Crippen molar-refractivity contribution in [3.63, 3.8) is 0 Å². The number of nitriles is 1. The number of aryl methyl sites for hydroxylation is 1. The minimum Gasteiger partial charge on any atom is -0.258 e. The van der Waals surface area contributed by atoms with E-state index in [4.69, 9.17) is 15.9 Å². The fourth-order valence-electron chi connectivity index (χ4n) is 1.42. The van der Waals surface area contributed by atoms with Crippen LogP contribution in [0.1, 0.15) is 18.1 Å². The Balaban J connectivity index is 3.79. The van der Waals surface area contributed by atoms with Crippen LogP contribution in [0, 0.1) is 21.4 Å². The second-order valence-electron chi connectivity index (χ2n) is 3.11. The lowest BCUT2D eigenvalue weighted by Gasteiger charge is -2.04. The molecule has 1 aromatic rings. The van der Waals surface area contributed by atoms with Gasteiger partial charge in [0.05, 0.1) is 4.92 Å². The lowest BCUT2D eigenvalue weighted by atomic mass is 10.1. The number of halogens is 1. The summed E-state index contributed by atoms with van der Waals surface area (Å²) in [6, 6.07) is 3.91. The lowest BCUT2D eigenvalue weighted by Crippen LogP contribution is -2.03. The molecule has 0 spiro atoms. The summed E-state index contributed by atoms with van der Waals surface area (Å²) in [5.74, 6) is 0. The van der Waals surface area contributed by atoms with Crippen molar-refractivity contribution >= 4 is 25.4 Å². The van der Waals surface area contributed by atoms with E-state index in [2.05, 4.69) is 0 Å². The number of rotatable bonds is 3. The van der Waals surface area contributed by atoms with Crippen LogP contribution in [-0.2, 0) is 15.5 Å². The quantitative estimate of drug-likeness (QED) is 0.476. The van der Waals surface area contributed by atoms with Crippen LogP contribution < -0.4 is 0 Å². The molecule has 0 unspecified atom stereocenters. The highest BCUT2D eigenvalue weighted by molar-refractivity contribution is 8.13. The normalized spacial score (nSPS) is 10.9. The Morgan fingerprint density at radius 3 is 2.47 bits per heavy atom. The minimum absolute atomic E-state index is 0.288. The lowest BCUT2D eigenvalue weighted by molar-refractivity contribution is -0.386. The van der Waals surface area contributed by atoms with Crippen LogP contribution in [0.25, 0.3) is 0 Å². The average molecular weight is 275 g/mol. The highest BCUT2D eigenvalue weighted by atomic mass is 35.7. The van der Waals surface area contributed by atoms with Gasteiger partial charge in [0.2, 0.25) is 0 Å². The summed E-state index contributed by atoms with van der Waals surface area (Å²) in [5.41, 5.74) is -0.739. The second-order valence-corrected chi connectivity index (χ2v) is 5.64. The zero-order chi connectivity index (χ0) is 13.2. The fraction of sp³-hybridized carbons (Fsp3) is 0.222. The molecule has 17 heavy (non-hydrogen) atoms. The van der Waals surface area contributed by atoms with Gasteiger partial charge in [-0.05, 0) is 12.5 Å². The summed E-state index contributed by atoms with van der Waals surface area (Å²) < 4.78 is 22.4. The standard InChI is InChI=1S/C9H7ClN2O4S/c1-2-6-3-4-8(17(10,15)16)7(5-11)9(6)12(13)14/h3-4H,2H2,1H3. The molecule has 1 aromatic carbocycles. The van der Waals surface area contributed by atoms with Crippen molar-refractivity contribution in [2.24, 2.45) is 0 Å². The molecule has 0 fully saturated rings. The zero-order valence-electron chi connectivity index (χ0n) is 8.68. The van der Waals surface area contributed by atoms with Crippen molar-refractivity contribution in [1.82, 2.24) is 0 Å². The van der Waals surface area contributed by atoms with Gasteiger partial charge < -0.3 is 0 Å². The maximum absolute atomic E-state index is 11.2. The van der Waals surface area contributed by atoms with Gasteiger partial charge in [-0.15, -0.1) is 0 Å². The molecule has 0 bridgehead atoms. The first kappa shape index (κ1) is 13.4. The van der Waals surface area contributed by atoms with Crippen molar-refractivity contribution in [3.05, 3.63) is 33.4 Å². The largest absolute Gasteiger partial charge is 0.291 e. The zero-order valence-corrected chi connectivity index (χ0v) is 10.2. The third-order valence-electron chi connectivity index (χ3n) is 2.16. The minimum atomic E-state index is -4.18. The van der Waals surface area contributed by atoms with Crippen LogP contribution in [0.5, 0.6) is 0 Å². The molecular formula is C9H7ClN2O4S. The maximum atomic E-state index is 11.2. The van der Waals surface area contributed by atoms with E-state index >= 15 is 0 Å². The molecule has 6 nitrogen and oxygen atoms in total. The van der Waals surface area contributed by atoms with E-state index < -0.39 is 30.1 Å². The molecule has 0 heterocycles. The monoisotopic (exact) mass is 274 g/mol. The Morgan fingerprint density at radius 1 is 1.53 bits per heavy atom. The van der Waals surface area contributed by atoms with E-state index in [9.17, 15) is 18.5 Å². The molecular weight excluding hydrogens is 268 g/mol. The molecule has 0 saturated carbocycles. The van der Waals surface area contributed by atoms with E-state index in [1.807, 2.05) is 0 Å². The Bertz CT molecular complexity index is 619. The summed E-state index contributed by atoms with van der Waals surface area (Å²) >= 11 is 0. The van der Waals surface area contributed by atoms with Gasteiger partial charge in [-0.25, -0.2) is 8.42 Å². The Kier molecular flexibility index (Phi) is 3.70. The predicted molar refractivity (Wildman–Crippen MR) is 60.2 cm³/mol. The second kappa shape index (κ2) is 4.69. The summed E-state index contributed by atoms with van der Waals surface area (Å²) in [4.78, 5) is 9.54. The van der Waals surface area contributed by atoms with Gasteiger partial charge in [0, 0.05) is 16.2 Å². The number of nitrogens with zero attached hydrogens (tertiary/aromatic N) is 2. The number of nitro groups is 1. The van der Waals surface area contributed by atoms with Crippen molar-refractivity contribution in [2.45, 2.75) is 18.2 Å². The van der Waals surface area contributed by atoms with Gasteiger partial charge in [0.15, 0.2) is 0 Å². The van der Waals surface area contributed by atoms with Gasteiger partial charge in [0.25, 0.3) is 14.7 Å². The molecule has 0 radical (unpaired) electrons.